The number of benzene rings is 2. The number of H-pyrrole nitrogens is 2. The van der Waals surface area contributed by atoms with Crippen molar-refractivity contribution >= 4 is 46.7 Å². The Balaban J connectivity index is 0. The number of para-hydroxylation sites is 1. The molecule has 0 aliphatic carbocycles. The number of rotatable bonds is 17. The van der Waals surface area contributed by atoms with Crippen LogP contribution in [0.2, 0.25) is 0 Å². The Morgan fingerprint density at radius 3 is 2.02 bits per heavy atom. The number of fused-ring (bicyclic) bond motifs is 1. The summed E-state index contributed by atoms with van der Waals surface area (Å²) in [6.07, 6.45) is 6.99. The molecule has 0 fully saturated rings. The highest BCUT2D eigenvalue weighted by Crippen LogP contribution is 2.15. The zero-order valence-electron chi connectivity index (χ0n) is 36.7. The van der Waals surface area contributed by atoms with Crippen LogP contribution < -0.4 is 32.3 Å². The minimum Gasteiger partial charge on any atom is -0.508 e. The maximum atomic E-state index is 11.9. The van der Waals surface area contributed by atoms with E-state index in [1.54, 1.807) is 24.7 Å². The quantitative estimate of drug-likeness (QED) is 0.0694. The summed E-state index contributed by atoms with van der Waals surface area (Å²) >= 11 is 0. The predicted molar refractivity (Wildman–Crippen MR) is 236 cm³/mol. The van der Waals surface area contributed by atoms with E-state index in [1.807, 2.05) is 65.9 Å². The van der Waals surface area contributed by atoms with Gasteiger partial charge in [0.05, 0.1) is 25.5 Å². The number of nitrogens with one attached hydrogen (secondary N) is 7. The molecule has 3 atom stereocenters. The maximum absolute atomic E-state index is 11.9. The number of hydrogen-bond donors (Lipinski definition) is 10. The second kappa shape index (κ2) is 34.9. The zero-order valence-corrected chi connectivity index (χ0v) is 36.7. The van der Waals surface area contributed by atoms with Gasteiger partial charge in [-0.05, 0) is 64.4 Å². The summed E-state index contributed by atoms with van der Waals surface area (Å²) in [5.41, 5.74) is 8.98. The van der Waals surface area contributed by atoms with Crippen LogP contribution >= 0.6 is 0 Å². The molecule has 0 saturated carbocycles. The van der Waals surface area contributed by atoms with Crippen LogP contribution in [-0.2, 0) is 35.2 Å². The topological polar surface area (TPSA) is 274 Å². The van der Waals surface area contributed by atoms with Crippen molar-refractivity contribution in [3.05, 3.63) is 84.1 Å². The van der Waals surface area contributed by atoms with E-state index in [1.165, 1.54) is 35.9 Å². The van der Waals surface area contributed by atoms with Crippen molar-refractivity contribution in [3.8, 4) is 5.75 Å². The fourth-order valence-corrected chi connectivity index (χ4v) is 4.70. The lowest BCUT2D eigenvalue weighted by atomic mass is 10.0. The molecule has 2 heterocycles. The van der Waals surface area contributed by atoms with Gasteiger partial charge < -0.3 is 52.5 Å². The number of phenols is 1. The Morgan fingerprint density at radius 1 is 0.900 bits per heavy atom. The van der Waals surface area contributed by atoms with Gasteiger partial charge in [0, 0.05) is 55.3 Å². The van der Waals surface area contributed by atoms with Crippen LogP contribution in [0.4, 0.5) is 0 Å². The average Bonchev–Trinajstić information content (AvgIpc) is 3.89. The number of aromatic nitrogens is 3. The van der Waals surface area contributed by atoms with Crippen LogP contribution in [0.3, 0.4) is 0 Å². The number of carbonyl (C=O) groups is 6. The molecule has 11 N–H and O–H groups in total. The van der Waals surface area contributed by atoms with Gasteiger partial charge in [-0.2, -0.15) is 0 Å². The van der Waals surface area contributed by atoms with E-state index in [0.29, 0.717) is 38.1 Å². The number of likely N-dealkylation sites (N-methyl/N-ethyl adjacent to an activating group) is 2. The molecule has 0 bridgehead atoms. The standard InChI is InChI=1S/C12H21N5O2.C11H20N2O4.C9H9N.C7H8O.C2H5NO.C2H6/c1-3-13-7-11(18)17-10(12(19)15-4-2)5-9-6-14-8-16-9;1-3-4-5-9(16)11(8(2)15)13-10(17)6-12-7-14;1-7-6-10-9-5-3-2-4-8(7)9;1-6-2-4-7(8)5-3-6;1-2(3)4;1-2/h6,8,10,13H,3-5,7H2,1-2H3,(H,14,16)(H,15,19)(H,17,18);7-8,11,15H,3-6H2,1-2H3,(H,12,14)(H,13,17);2-6,10H,1H3;2-5,8H,1H3;1H3,(H2,3,4);1-2H3. The number of aromatic amines is 2. The summed E-state index contributed by atoms with van der Waals surface area (Å²) in [7, 11) is 0. The van der Waals surface area contributed by atoms with Crippen molar-refractivity contribution in [2.24, 2.45) is 5.73 Å². The number of aryl methyl sites for hydroxylation is 2. The molecule has 3 unspecified atom stereocenters. The van der Waals surface area contributed by atoms with Gasteiger partial charge in [-0.3, -0.25) is 28.8 Å². The van der Waals surface area contributed by atoms with Crippen molar-refractivity contribution in [2.45, 2.75) is 106 Å². The van der Waals surface area contributed by atoms with Crippen molar-refractivity contribution < 1.29 is 39.0 Å². The normalized spacial score (nSPS) is 11.1. The smallest absolute Gasteiger partial charge is 0.242 e. The first-order valence-corrected chi connectivity index (χ1v) is 20.1. The number of imidazole rings is 1. The Morgan fingerprint density at radius 2 is 1.52 bits per heavy atom. The van der Waals surface area contributed by atoms with Gasteiger partial charge in [0.2, 0.25) is 30.0 Å². The second-order valence-corrected chi connectivity index (χ2v) is 12.9. The number of primary amides is 1. The van der Waals surface area contributed by atoms with Gasteiger partial charge in [-0.1, -0.05) is 70.0 Å². The monoisotopic (exact) mass is 840 g/mol. The highest BCUT2D eigenvalue weighted by molar-refractivity contribution is 5.90. The number of nitrogens with two attached hydrogens (primary N) is 1. The molecule has 0 spiro atoms. The second-order valence-electron chi connectivity index (χ2n) is 12.9. The molecule has 4 aromatic rings. The SMILES string of the molecule is CC.CC(N)=O.CCCCC(=O)C(NC(=O)CNC=O)C(C)O.CCNCC(=O)NC(Cc1cnc[nH]1)C(=O)NCC.Cc1c[nH]c2ccccc12.Cc1ccc(O)cc1. The molecule has 0 aliphatic heterocycles. The van der Waals surface area contributed by atoms with Crippen molar-refractivity contribution in [2.75, 3.05) is 26.2 Å². The third-order valence-electron chi connectivity index (χ3n) is 7.62. The number of ketones is 1. The number of amides is 5. The van der Waals surface area contributed by atoms with E-state index in [4.69, 9.17) is 5.11 Å². The van der Waals surface area contributed by atoms with Crippen molar-refractivity contribution in [1.82, 2.24) is 41.5 Å². The summed E-state index contributed by atoms with van der Waals surface area (Å²) in [4.78, 5) is 75.8. The van der Waals surface area contributed by atoms with Gasteiger partial charge >= 0.3 is 0 Å². The van der Waals surface area contributed by atoms with Gasteiger partial charge in [-0.25, -0.2) is 4.98 Å². The fourth-order valence-electron chi connectivity index (χ4n) is 4.70. The first-order valence-electron chi connectivity index (χ1n) is 20.1. The Kier molecular flexibility index (Phi) is 32.6. The molecule has 0 radical (unpaired) electrons. The summed E-state index contributed by atoms with van der Waals surface area (Å²) in [6.45, 7) is 17.8. The highest BCUT2D eigenvalue weighted by Gasteiger charge is 2.24. The summed E-state index contributed by atoms with van der Waals surface area (Å²) in [5.74, 6) is -1.08. The summed E-state index contributed by atoms with van der Waals surface area (Å²) in [5, 5.41) is 32.4. The van der Waals surface area contributed by atoms with Gasteiger partial charge in [0.1, 0.15) is 17.8 Å². The number of nitrogens with zero attached hydrogens (tertiary/aromatic N) is 1. The molecular formula is C43H69N9O8. The van der Waals surface area contributed by atoms with Crippen molar-refractivity contribution in [3.63, 3.8) is 0 Å². The number of phenolic OH excluding ortho intramolecular Hbond substituents is 1. The number of unbranched alkanes of at least 4 members (excludes halogenated alkanes) is 1. The van der Waals surface area contributed by atoms with E-state index < -0.39 is 24.1 Å². The van der Waals surface area contributed by atoms with Crippen LogP contribution in [0.25, 0.3) is 10.9 Å². The number of carbonyl (C=O) groups excluding carboxylic acids is 6. The van der Waals surface area contributed by atoms with Gasteiger partial charge in [-0.15, -0.1) is 0 Å². The van der Waals surface area contributed by atoms with Crippen LogP contribution in [0.5, 0.6) is 5.75 Å². The number of aromatic hydroxyl groups is 1. The first-order chi connectivity index (χ1) is 28.6. The molecule has 0 saturated heterocycles. The number of hydrogen-bond acceptors (Lipinski definition) is 10. The largest absolute Gasteiger partial charge is 0.508 e. The Bertz CT molecular complexity index is 1740. The zero-order chi connectivity index (χ0) is 45.9. The Labute approximate surface area is 354 Å². The minimum atomic E-state index is -0.945. The molecule has 17 nitrogen and oxygen atoms in total. The lowest BCUT2D eigenvalue weighted by Gasteiger charge is -2.20. The summed E-state index contributed by atoms with van der Waals surface area (Å²) in [6, 6.07) is 13.9. The van der Waals surface area contributed by atoms with E-state index in [9.17, 15) is 33.9 Å². The average molecular weight is 840 g/mol. The first kappa shape index (κ1) is 56.0. The molecule has 334 valence electrons. The molecule has 5 amide bonds. The molecule has 2 aromatic heterocycles. The molecule has 17 heteroatoms. The van der Waals surface area contributed by atoms with E-state index in [0.717, 1.165) is 18.5 Å². The lowest BCUT2D eigenvalue weighted by Crippen LogP contribution is -2.50. The predicted octanol–water partition coefficient (Wildman–Crippen LogP) is 3.23. The van der Waals surface area contributed by atoms with Crippen molar-refractivity contribution in [1.29, 1.82) is 0 Å². The Hall–Kier alpha value is -6.07. The van der Waals surface area contributed by atoms with E-state index >= 15 is 0 Å². The van der Waals surface area contributed by atoms with E-state index in [2.05, 4.69) is 72.4 Å². The number of aliphatic hydroxyl groups is 1. The molecule has 4 rings (SSSR count). The summed E-state index contributed by atoms with van der Waals surface area (Å²) < 4.78 is 0. The molecule has 2 aromatic carbocycles. The van der Waals surface area contributed by atoms with Gasteiger partial charge in [0.25, 0.3) is 0 Å². The maximum Gasteiger partial charge on any atom is 0.242 e. The van der Waals surface area contributed by atoms with Gasteiger partial charge in [0.15, 0.2) is 5.78 Å². The van der Waals surface area contributed by atoms with Crippen LogP contribution in [-0.4, -0.2) is 105 Å². The third-order valence-corrected chi connectivity index (χ3v) is 7.62. The van der Waals surface area contributed by atoms with Crippen LogP contribution in [0.1, 0.15) is 84.5 Å². The molecular weight excluding hydrogens is 771 g/mol. The molecule has 60 heavy (non-hydrogen) atoms. The third kappa shape index (κ3) is 27.5. The lowest BCUT2D eigenvalue weighted by molar-refractivity contribution is -0.130. The number of aliphatic hydroxyl groups excluding tert-OH is 1. The fraction of sp³-hybridized carbons (Fsp3) is 0.465. The van der Waals surface area contributed by atoms with Crippen LogP contribution in [0, 0.1) is 13.8 Å². The minimum absolute atomic E-state index is 0.193. The number of Topliss-reactive ketones (excluding diaryl/α,β-unsaturated/α-hetero) is 1. The van der Waals surface area contributed by atoms with E-state index in [-0.39, 0.29) is 36.6 Å². The van der Waals surface area contributed by atoms with Crippen LogP contribution in [0.15, 0.2) is 67.3 Å². The molecule has 0 aliphatic rings. The highest BCUT2D eigenvalue weighted by atomic mass is 16.3.